The van der Waals surface area contributed by atoms with Crippen molar-refractivity contribution < 1.29 is 9.59 Å². The van der Waals surface area contributed by atoms with Crippen molar-refractivity contribution in [2.24, 2.45) is 0 Å². The van der Waals surface area contributed by atoms with Gasteiger partial charge in [-0.05, 0) is 53.5 Å². The Morgan fingerprint density at radius 2 is 1.60 bits per heavy atom. The normalized spacial score (nSPS) is 12.1. The number of rotatable bonds is 6. The second kappa shape index (κ2) is 8.66. The van der Waals surface area contributed by atoms with Gasteiger partial charge in [-0.1, -0.05) is 48.5 Å². The van der Waals surface area contributed by atoms with Crippen molar-refractivity contribution in [3.05, 3.63) is 101 Å². The Hall–Kier alpha value is -3.86. The van der Waals surface area contributed by atoms with E-state index in [-0.39, 0.29) is 11.8 Å². The van der Waals surface area contributed by atoms with Crippen molar-refractivity contribution in [1.82, 2.24) is 5.32 Å². The molecule has 0 atom stereocenters. The number of para-hydroxylation sites is 2. The third kappa shape index (κ3) is 4.41. The lowest BCUT2D eigenvalue weighted by molar-refractivity contribution is -0.117. The fraction of sp³-hybridized carbons (Fsp3) is 0.120. The molecule has 0 heterocycles. The number of carbonyl (C=O) groups excluding carboxylic acids is 2. The molecule has 150 valence electrons. The topological polar surface area (TPSA) is 84.2 Å². The van der Waals surface area contributed by atoms with Gasteiger partial charge in [-0.3, -0.25) is 9.59 Å². The maximum atomic E-state index is 12.4. The Balaban J connectivity index is 1.28. The molecule has 2 amide bonds. The fourth-order valence-electron chi connectivity index (χ4n) is 3.49. The Labute approximate surface area is 175 Å². The molecule has 0 fully saturated rings. The summed E-state index contributed by atoms with van der Waals surface area (Å²) in [6.07, 6.45) is 3.33. The van der Waals surface area contributed by atoms with Crippen molar-refractivity contribution in [2.75, 3.05) is 17.6 Å². The SMILES string of the molecule is Nc1ccccc1NC(=O)c1ccc(CCNC(=O)C2=Cc3ccccc3C2)cc1. The molecule has 4 rings (SSSR count). The lowest BCUT2D eigenvalue weighted by atomic mass is 10.1. The molecule has 4 N–H and O–H groups in total. The number of hydrogen-bond acceptors (Lipinski definition) is 3. The van der Waals surface area contributed by atoms with Crippen LogP contribution in [0.4, 0.5) is 11.4 Å². The summed E-state index contributed by atoms with van der Waals surface area (Å²) >= 11 is 0. The first-order valence-electron chi connectivity index (χ1n) is 9.91. The van der Waals surface area contributed by atoms with Crippen LogP contribution in [0.15, 0.2) is 78.4 Å². The number of benzene rings is 3. The van der Waals surface area contributed by atoms with E-state index in [4.69, 9.17) is 5.73 Å². The zero-order valence-electron chi connectivity index (χ0n) is 16.5. The molecule has 0 aliphatic heterocycles. The summed E-state index contributed by atoms with van der Waals surface area (Å²) in [5, 5.41) is 5.80. The molecular formula is C25H23N3O2. The Bertz CT molecular complexity index is 1120. The first-order chi connectivity index (χ1) is 14.6. The lowest BCUT2D eigenvalue weighted by Crippen LogP contribution is -2.27. The number of amides is 2. The van der Waals surface area contributed by atoms with Gasteiger partial charge in [0.2, 0.25) is 5.91 Å². The van der Waals surface area contributed by atoms with Crippen LogP contribution in [0, 0.1) is 0 Å². The van der Waals surface area contributed by atoms with E-state index in [1.807, 2.05) is 48.5 Å². The maximum absolute atomic E-state index is 12.4. The molecule has 0 radical (unpaired) electrons. The van der Waals surface area contributed by atoms with Gasteiger partial charge in [0.25, 0.3) is 5.91 Å². The molecule has 0 unspecified atom stereocenters. The zero-order valence-corrected chi connectivity index (χ0v) is 16.5. The molecule has 5 nitrogen and oxygen atoms in total. The van der Waals surface area contributed by atoms with Gasteiger partial charge in [0.15, 0.2) is 0 Å². The molecule has 0 aromatic heterocycles. The van der Waals surface area contributed by atoms with E-state index in [0.29, 0.717) is 36.3 Å². The minimum atomic E-state index is -0.208. The molecular weight excluding hydrogens is 374 g/mol. The highest BCUT2D eigenvalue weighted by Crippen LogP contribution is 2.24. The smallest absolute Gasteiger partial charge is 0.255 e. The van der Waals surface area contributed by atoms with Gasteiger partial charge < -0.3 is 16.4 Å². The number of hydrogen-bond donors (Lipinski definition) is 3. The number of nitrogen functional groups attached to an aromatic ring is 1. The van der Waals surface area contributed by atoms with Gasteiger partial charge in [-0.15, -0.1) is 0 Å². The molecule has 0 spiro atoms. The molecule has 1 aliphatic carbocycles. The minimum absolute atomic E-state index is 0.0253. The fourth-order valence-corrected chi connectivity index (χ4v) is 3.49. The molecule has 5 heteroatoms. The maximum Gasteiger partial charge on any atom is 0.255 e. The predicted octanol–water partition coefficient (Wildman–Crippen LogP) is 3.82. The highest BCUT2D eigenvalue weighted by atomic mass is 16.2. The van der Waals surface area contributed by atoms with Gasteiger partial charge >= 0.3 is 0 Å². The van der Waals surface area contributed by atoms with Crippen LogP contribution < -0.4 is 16.4 Å². The first-order valence-corrected chi connectivity index (χ1v) is 9.91. The summed E-state index contributed by atoms with van der Waals surface area (Å²) in [6, 6.07) is 22.6. The third-order valence-electron chi connectivity index (χ3n) is 5.18. The van der Waals surface area contributed by atoms with Crippen molar-refractivity contribution in [3.63, 3.8) is 0 Å². The largest absolute Gasteiger partial charge is 0.397 e. The molecule has 3 aromatic rings. The molecule has 0 bridgehead atoms. The Morgan fingerprint density at radius 1 is 0.867 bits per heavy atom. The molecule has 30 heavy (non-hydrogen) atoms. The highest BCUT2D eigenvalue weighted by molar-refractivity contribution is 6.05. The van der Waals surface area contributed by atoms with Crippen LogP contribution in [-0.2, 0) is 17.6 Å². The van der Waals surface area contributed by atoms with Crippen molar-refractivity contribution in [2.45, 2.75) is 12.8 Å². The van der Waals surface area contributed by atoms with Gasteiger partial charge in [0, 0.05) is 24.1 Å². The van der Waals surface area contributed by atoms with Crippen LogP contribution in [0.2, 0.25) is 0 Å². The zero-order chi connectivity index (χ0) is 20.9. The average Bonchev–Trinajstić information content (AvgIpc) is 3.20. The molecule has 1 aliphatic rings. The van der Waals surface area contributed by atoms with Crippen LogP contribution >= 0.6 is 0 Å². The predicted molar refractivity (Wildman–Crippen MR) is 120 cm³/mol. The molecule has 0 saturated heterocycles. The van der Waals surface area contributed by atoms with E-state index >= 15 is 0 Å². The monoisotopic (exact) mass is 397 g/mol. The van der Waals surface area contributed by atoms with E-state index in [0.717, 1.165) is 16.7 Å². The lowest BCUT2D eigenvalue weighted by Gasteiger charge is -2.09. The van der Waals surface area contributed by atoms with E-state index in [1.54, 1.807) is 24.3 Å². The summed E-state index contributed by atoms with van der Waals surface area (Å²) < 4.78 is 0. The van der Waals surface area contributed by atoms with Crippen LogP contribution in [0.3, 0.4) is 0 Å². The van der Waals surface area contributed by atoms with Crippen molar-refractivity contribution in [1.29, 1.82) is 0 Å². The van der Waals surface area contributed by atoms with Crippen molar-refractivity contribution in [3.8, 4) is 0 Å². The van der Waals surface area contributed by atoms with Crippen LogP contribution in [0.25, 0.3) is 6.08 Å². The van der Waals surface area contributed by atoms with Gasteiger partial charge in [-0.2, -0.15) is 0 Å². The van der Waals surface area contributed by atoms with Crippen molar-refractivity contribution >= 4 is 29.3 Å². The van der Waals surface area contributed by atoms with Gasteiger partial charge in [0.05, 0.1) is 11.4 Å². The number of fused-ring (bicyclic) bond motifs is 1. The van der Waals surface area contributed by atoms with E-state index < -0.39 is 0 Å². The van der Waals surface area contributed by atoms with E-state index in [9.17, 15) is 9.59 Å². The molecule has 0 saturated carbocycles. The summed E-state index contributed by atoms with van der Waals surface area (Å²) in [4.78, 5) is 24.8. The van der Waals surface area contributed by atoms with Gasteiger partial charge in [-0.25, -0.2) is 0 Å². The summed E-state index contributed by atoms with van der Waals surface area (Å²) in [6.45, 7) is 0.540. The first kappa shape index (κ1) is 19.5. The van der Waals surface area contributed by atoms with E-state index in [1.165, 1.54) is 5.56 Å². The quantitative estimate of drug-likeness (QED) is 0.553. The highest BCUT2D eigenvalue weighted by Gasteiger charge is 2.17. The second-order valence-electron chi connectivity index (χ2n) is 7.29. The number of carbonyl (C=O) groups is 2. The standard InChI is InChI=1S/C25H23N3O2/c26-22-7-3-4-8-23(22)28-25(30)18-11-9-17(10-12-18)13-14-27-24(29)21-15-19-5-1-2-6-20(19)16-21/h1-12,15H,13-14,16,26H2,(H,27,29)(H,28,30). The number of nitrogens with two attached hydrogens (primary N) is 1. The third-order valence-corrected chi connectivity index (χ3v) is 5.18. The van der Waals surface area contributed by atoms with Crippen LogP contribution in [0.5, 0.6) is 0 Å². The minimum Gasteiger partial charge on any atom is -0.397 e. The van der Waals surface area contributed by atoms with Crippen LogP contribution in [0.1, 0.15) is 27.0 Å². The Morgan fingerprint density at radius 3 is 2.37 bits per heavy atom. The van der Waals surface area contributed by atoms with E-state index in [2.05, 4.69) is 16.7 Å². The number of anilines is 2. The summed E-state index contributed by atoms with van der Waals surface area (Å²) in [5.41, 5.74) is 11.7. The average molecular weight is 397 g/mol. The van der Waals surface area contributed by atoms with Gasteiger partial charge in [0.1, 0.15) is 0 Å². The molecule has 3 aromatic carbocycles. The second-order valence-corrected chi connectivity index (χ2v) is 7.29. The Kier molecular flexibility index (Phi) is 5.61. The summed E-state index contributed by atoms with van der Waals surface area (Å²) in [7, 11) is 0. The summed E-state index contributed by atoms with van der Waals surface area (Å²) in [5.74, 6) is -0.233. The number of nitrogens with one attached hydrogen (secondary N) is 2. The van der Waals surface area contributed by atoms with Crippen LogP contribution in [-0.4, -0.2) is 18.4 Å².